The van der Waals surface area contributed by atoms with Crippen molar-refractivity contribution in [3.63, 3.8) is 0 Å². The van der Waals surface area contributed by atoms with E-state index in [0.717, 1.165) is 31.0 Å². The average Bonchev–Trinajstić information content (AvgIpc) is 2.41. The lowest BCUT2D eigenvalue weighted by atomic mass is 9.85. The van der Waals surface area contributed by atoms with Crippen molar-refractivity contribution in [1.29, 1.82) is 0 Å². The molecule has 0 radical (unpaired) electrons. The van der Waals surface area contributed by atoms with Crippen LogP contribution in [-0.2, 0) is 16.0 Å². The second kappa shape index (κ2) is 6.06. The molecular formula is C15H21NO3. The maximum Gasteiger partial charge on any atom is 0.305 e. The minimum atomic E-state index is -0.181. The van der Waals surface area contributed by atoms with E-state index in [1.54, 1.807) is 0 Å². The molecule has 104 valence electrons. The number of esters is 1. The molecule has 19 heavy (non-hydrogen) atoms. The van der Waals surface area contributed by atoms with Crippen LogP contribution in [0.2, 0.25) is 0 Å². The second-order valence-electron chi connectivity index (χ2n) is 5.43. The number of carbonyl (C=O) groups excluding carboxylic acids is 1. The molecule has 0 saturated carbocycles. The molecule has 0 aromatic heterocycles. The summed E-state index contributed by atoms with van der Waals surface area (Å²) in [5, 5.41) is 3.26. The highest BCUT2D eigenvalue weighted by Crippen LogP contribution is 2.23. The van der Waals surface area contributed by atoms with Crippen LogP contribution in [0.1, 0.15) is 18.9 Å². The van der Waals surface area contributed by atoms with E-state index in [2.05, 4.69) is 17.0 Å². The molecule has 1 N–H and O–H groups in total. The molecule has 1 aromatic rings. The summed E-state index contributed by atoms with van der Waals surface area (Å²) in [7, 11) is 1.41. The Morgan fingerprint density at radius 2 is 2.21 bits per heavy atom. The van der Waals surface area contributed by atoms with Crippen LogP contribution >= 0.6 is 0 Å². The highest BCUT2D eigenvalue weighted by molar-refractivity contribution is 5.69. The fourth-order valence-corrected chi connectivity index (χ4v) is 2.05. The second-order valence-corrected chi connectivity index (χ2v) is 5.43. The molecule has 1 aliphatic heterocycles. The van der Waals surface area contributed by atoms with Gasteiger partial charge in [0.05, 0.1) is 13.7 Å². The van der Waals surface area contributed by atoms with Gasteiger partial charge in [-0.05, 0) is 24.1 Å². The van der Waals surface area contributed by atoms with Gasteiger partial charge < -0.3 is 14.8 Å². The van der Waals surface area contributed by atoms with Crippen molar-refractivity contribution in [2.75, 3.05) is 26.8 Å². The van der Waals surface area contributed by atoms with Crippen LogP contribution in [0.15, 0.2) is 24.3 Å². The van der Waals surface area contributed by atoms with Crippen molar-refractivity contribution in [3.05, 3.63) is 29.8 Å². The molecule has 1 heterocycles. The number of benzene rings is 1. The van der Waals surface area contributed by atoms with Gasteiger partial charge in [-0.25, -0.2) is 0 Å². The first-order valence-electron chi connectivity index (χ1n) is 6.61. The van der Waals surface area contributed by atoms with Gasteiger partial charge in [0, 0.05) is 24.9 Å². The zero-order chi connectivity index (χ0) is 13.7. The van der Waals surface area contributed by atoms with Crippen LogP contribution in [-0.4, -0.2) is 32.8 Å². The summed E-state index contributed by atoms with van der Waals surface area (Å²) < 4.78 is 10.5. The Kier molecular flexibility index (Phi) is 4.43. The van der Waals surface area contributed by atoms with Gasteiger partial charge in [0.2, 0.25) is 0 Å². The molecule has 1 saturated heterocycles. The molecular weight excluding hydrogens is 242 g/mol. The van der Waals surface area contributed by atoms with E-state index in [4.69, 9.17) is 4.74 Å². The summed E-state index contributed by atoms with van der Waals surface area (Å²) in [4.78, 5) is 11.1. The van der Waals surface area contributed by atoms with E-state index < -0.39 is 0 Å². The summed E-state index contributed by atoms with van der Waals surface area (Å²) in [6.45, 7) is 4.95. The SMILES string of the molecule is COC(=O)CCc1cccc(OCC2(C)CNC2)c1. The largest absolute Gasteiger partial charge is 0.493 e. The summed E-state index contributed by atoms with van der Waals surface area (Å²) in [5.74, 6) is 0.690. The predicted molar refractivity (Wildman–Crippen MR) is 73.3 cm³/mol. The van der Waals surface area contributed by atoms with Gasteiger partial charge in [-0.15, -0.1) is 0 Å². The van der Waals surface area contributed by atoms with Gasteiger partial charge >= 0.3 is 5.97 Å². The van der Waals surface area contributed by atoms with Crippen molar-refractivity contribution in [1.82, 2.24) is 5.32 Å². The lowest BCUT2D eigenvalue weighted by Gasteiger charge is -2.38. The van der Waals surface area contributed by atoms with Crippen molar-refractivity contribution in [3.8, 4) is 5.75 Å². The molecule has 4 heteroatoms. The van der Waals surface area contributed by atoms with Gasteiger partial charge in [-0.3, -0.25) is 4.79 Å². The minimum Gasteiger partial charge on any atom is -0.493 e. The topological polar surface area (TPSA) is 47.6 Å². The number of ether oxygens (including phenoxy) is 2. The summed E-state index contributed by atoms with van der Waals surface area (Å²) in [5.41, 5.74) is 1.35. The Labute approximate surface area is 114 Å². The first-order chi connectivity index (χ1) is 9.11. The van der Waals surface area contributed by atoms with Gasteiger partial charge in [0.1, 0.15) is 5.75 Å². The molecule has 0 spiro atoms. The van der Waals surface area contributed by atoms with Crippen molar-refractivity contribution < 1.29 is 14.3 Å². The van der Waals surface area contributed by atoms with Gasteiger partial charge in [-0.2, -0.15) is 0 Å². The summed E-state index contributed by atoms with van der Waals surface area (Å²) in [6, 6.07) is 7.92. The highest BCUT2D eigenvalue weighted by atomic mass is 16.5. The van der Waals surface area contributed by atoms with Gasteiger partial charge in [0.15, 0.2) is 0 Å². The molecule has 1 aliphatic rings. The monoisotopic (exact) mass is 263 g/mol. The smallest absolute Gasteiger partial charge is 0.305 e. The Morgan fingerprint density at radius 1 is 1.42 bits per heavy atom. The van der Waals surface area contributed by atoms with E-state index in [-0.39, 0.29) is 11.4 Å². The van der Waals surface area contributed by atoms with E-state index in [9.17, 15) is 4.79 Å². The Hall–Kier alpha value is -1.55. The van der Waals surface area contributed by atoms with E-state index >= 15 is 0 Å². The third kappa shape index (κ3) is 3.96. The maximum absolute atomic E-state index is 11.1. The van der Waals surface area contributed by atoms with Gasteiger partial charge in [-0.1, -0.05) is 19.1 Å². The first kappa shape index (κ1) is 13.9. The highest BCUT2D eigenvalue weighted by Gasteiger charge is 2.32. The quantitative estimate of drug-likeness (QED) is 0.795. The lowest BCUT2D eigenvalue weighted by Crippen LogP contribution is -2.54. The van der Waals surface area contributed by atoms with Crippen LogP contribution in [0.3, 0.4) is 0 Å². The average molecular weight is 263 g/mol. The Balaban J connectivity index is 1.85. The number of rotatable bonds is 6. The molecule has 0 unspecified atom stereocenters. The number of aryl methyl sites for hydroxylation is 1. The molecule has 0 aliphatic carbocycles. The zero-order valence-electron chi connectivity index (χ0n) is 11.6. The molecule has 0 atom stereocenters. The van der Waals surface area contributed by atoms with Crippen molar-refractivity contribution in [2.45, 2.75) is 19.8 Å². The fourth-order valence-electron chi connectivity index (χ4n) is 2.05. The number of methoxy groups -OCH3 is 1. The van der Waals surface area contributed by atoms with Crippen LogP contribution in [0.5, 0.6) is 5.75 Å². The zero-order valence-corrected chi connectivity index (χ0v) is 11.6. The van der Waals surface area contributed by atoms with E-state index in [1.807, 2.05) is 24.3 Å². The number of nitrogens with one attached hydrogen (secondary N) is 1. The number of hydrogen-bond donors (Lipinski definition) is 1. The Morgan fingerprint density at radius 3 is 2.84 bits per heavy atom. The Bertz CT molecular complexity index is 441. The van der Waals surface area contributed by atoms with E-state index in [1.165, 1.54) is 7.11 Å². The van der Waals surface area contributed by atoms with Crippen LogP contribution in [0.25, 0.3) is 0 Å². The van der Waals surface area contributed by atoms with Gasteiger partial charge in [0.25, 0.3) is 0 Å². The first-order valence-corrected chi connectivity index (χ1v) is 6.61. The predicted octanol–water partition coefficient (Wildman–Crippen LogP) is 1.78. The third-order valence-corrected chi connectivity index (χ3v) is 3.43. The lowest BCUT2D eigenvalue weighted by molar-refractivity contribution is -0.140. The summed E-state index contributed by atoms with van der Waals surface area (Å²) in [6.07, 6.45) is 1.09. The molecule has 1 aromatic carbocycles. The summed E-state index contributed by atoms with van der Waals surface area (Å²) >= 11 is 0. The molecule has 0 amide bonds. The maximum atomic E-state index is 11.1. The van der Waals surface area contributed by atoms with Crippen LogP contribution in [0, 0.1) is 5.41 Å². The third-order valence-electron chi connectivity index (χ3n) is 3.43. The molecule has 4 nitrogen and oxygen atoms in total. The van der Waals surface area contributed by atoms with Crippen molar-refractivity contribution in [2.24, 2.45) is 5.41 Å². The minimum absolute atomic E-state index is 0.181. The van der Waals surface area contributed by atoms with E-state index in [0.29, 0.717) is 12.8 Å². The normalized spacial score (nSPS) is 16.5. The van der Waals surface area contributed by atoms with Crippen molar-refractivity contribution >= 4 is 5.97 Å². The van der Waals surface area contributed by atoms with Crippen LogP contribution in [0.4, 0.5) is 0 Å². The molecule has 1 fully saturated rings. The number of carbonyl (C=O) groups is 1. The number of hydrogen-bond acceptors (Lipinski definition) is 4. The van der Waals surface area contributed by atoms with Crippen LogP contribution < -0.4 is 10.1 Å². The standard InChI is InChI=1S/C15H21NO3/c1-15(9-16-10-15)11-19-13-5-3-4-12(8-13)6-7-14(17)18-2/h3-5,8,16H,6-7,9-11H2,1-2H3. The molecule has 0 bridgehead atoms. The fraction of sp³-hybridized carbons (Fsp3) is 0.533. The molecule has 2 rings (SSSR count).